The zero-order valence-electron chi connectivity index (χ0n) is 18.6. The van der Waals surface area contributed by atoms with Crippen molar-refractivity contribution in [3.63, 3.8) is 0 Å². The number of aliphatic imine (C=N–C) groups is 1. The van der Waals surface area contributed by atoms with Crippen molar-refractivity contribution in [2.75, 3.05) is 42.3 Å². The molecule has 1 N–H and O–H groups in total. The first kappa shape index (κ1) is 20.5. The van der Waals surface area contributed by atoms with Crippen LogP contribution in [0.5, 0.6) is 0 Å². The molecule has 5 heterocycles. The number of hydrogen-bond acceptors (Lipinski definition) is 6. The van der Waals surface area contributed by atoms with Crippen molar-refractivity contribution in [3.05, 3.63) is 35.5 Å². The minimum atomic E-state index is -0.00681. The molecule has 1 unspecified atom stereocenters. The van der Waals surface area contributed by atoms with Gasteiger partial charge in [-0.05, 0) is 6.07 Å². The number of fused-ring (bicyclic) bond motifs is 2. The first-order valence-corrected chi connectivity index (χ1v) is 13.5. The van der Waals surface area contributed by atoms with Crippen LogP contribution in [0.25, 0.3) is 0 Å². The van der Waals surface area contributed by atoms with Crippen molar-refractivity contribution in [2.45, 2.75) is 49.5 Å². The molecule has 166 valence electrons. The summed E-state index contributed by atoms with van der Waals surface area (Å²) in [6.07, 6.45) is 6.35. The molecule has 4 aliphatic rings. The Morgan fingerprint density at radius 1 is 1.06 bits per heavy atom. The monoisotopic (exact) mass is 447 g/mol. The van der Waals surface area contributed by atoms with Crippen molar-refractivity contribution >= 4 is 40.2 Å². The van der Waals surface area contributed by atoms with Gasteiger partial charge in [0.1, 0.15) is 0 Å². The second kappa shape index (κ2) is 8.71. The molecule has 2 saturated heterocycles. The van der Waals surface area contributed by atoms with Gasteiger partial charge < -0.3 is 0 Å². The Morgan fingerprint density at radius 3 is 2.69 bits per heavy atom. The topological polar surface area (TPSA) is 62.6 Å². The summed E-state index contributed by atoms with van der Waals surface area (Å²) in [5, 5.41) is 3.74. The van der Waals surface area contributed by atoms with Crippen LogP contribution in [0.4, 0.5) is 17.5 Å². The van der Waals surface area contributed by atoms with Crippen LogP contribution in [-0.4, -0.2) is 60.5 Å². The molecule has 8 heteroatoms. The summed E-state index contributed by atoms with van der Waals surface area (Å²) >= 11 is 0. The number of aryl methyl sites for hydroxylation is 1. The van der Waals surface area contributed by atoms with Crippen LogP contribution in [0.3, 0.4) is 0 Å². The molecular weight excluding hydrogens is 417 g/mol. The van der Waals surface area contributed by atoms with E-state index >= 15 is 0 Å². The van der Waals surface area contributed by atoms with E-state index in [-0.39, 0.29) is 10.3 Å². The van der Waals surface area contributed by atoms with Gasteiger partial charge in [-0.2, -0.15) is 0 Å². The number of ether oxygens (including phenoxy) is 1. The van der Waals surface area contributed by atoms with Crippen LogP contribution in [0.2, 0.25) is 0 Å². The third-order valence-corrected chi connectivity index (χ3v) is 8.94. The average Bonchev–Trinajstić information content (AvgIpc) is 3.44. The summed E-state index contributed by atoms with van der Waals surface area (Å²) in [5.41, 5.74) is 5.11. The number of benzene rings is 1. The number of anilines is 2. The molecule has 2 aromatic rings. The standard InChI is InChI=1S/C24H30BN5OS/c25-32-14-9-20-22(32)23(26-18-7-12-31-13-8-18)29-24(28-20)30-10-5-16(6-11-30)21-15-17-3-1-2-4-19(17)27-21/h1-4,16,18,25H,5-15H2,(H,26,28,29). The van der Waals surface area contributed by atoms with Crippen molar-refractivity contribution < 1.29 is 4.74 Å². The van der Waals surface area contributed by atoms with Gasteiger partial charge in [0.05, 0.1) is 0 Å². The number of nitrogens with one attached hydrogen (secondary N) is 1. The molecule has 0 aliphatic carbocycles. The van der Waals surface area contributed by atoms with Crippen LogP contribution >= 0.6 is 10.3 Å². The Balaban J connectivity index is 1.18. The van der Waals surface area contributed by atoms with Gasteiger partial charge in [-0.1, -0.05) is 18.2 Å². The van der Waals surface area contributed by atoms with Gasteiger partial charge in [-0.3, -0.25) is 0 Å². The molecular formula is C24H30BN5OS. The van der Waals surface area contributed by atoms with Crippen molar-refractivity contribution in [3.8, 4) is 0 Å². The van der Waals surface area contributed by atoms with Gasteiger partial charge >= 0.3 is 169 Å². The number of piperidine rings is 1. The van der Waals surface area contributed by atoms with E-state index in [1.807, 2.05) is 0 Å². The summed E-state index contributed by atoms with van der Waals surface area (Å²) in [5.74, 6) is 3.59. The number of para-hydroxylation sites is 1. The molecule has 2 fully saturated rings. The van der Waals surface area contributed by atoms with E-state index in [9.17, 15) is 0 Å². The molecule has 0 bridgehead atoms. The van der Waals surface area contributed by atoms with Crippen LogP contribution in [0, 0.1) is 5.92 Å². The van der Waals surface area contributed by atoms with E-state index in [0.717, 1.165) is 82.3 Å². The fourth-order valence-electron chi connectivity index (χ4n) is 5.36. The number of nitrogens with zero attached hydrogens (tertiary/aromatic N) is 4. The van der Waals surface area contributed by atoms with Gasteiger partial charge in [-0.25, -0.2) is 0 Å². The Hall–Kier alpha value is -2.06. The van der Waals surface area contributed by atoms with E-state index in [1.165, 1.54) is 27.6 Å². The number of aromatic nitrogens is 2. The van der Waals surface area contributed by atoms with E-state index in [2.05, 4.69) is 41.2 Å². The number of rotatable bonds is 4. The second-order valence-corrected chi connectivity index (χ2v) is 11.1. The Bertz CT molecular complexity index is 1080. The molecule has 4 aliphatic heterocycles. The first-order chi connectivity index (χ1) is 15.7. The minimum absolute atomic E-state index is 0.00681. The van der Waals surface area contributed by atoms with E-state index in [0.29, 0.717) is 12.0 Å². The molecule has 1 atom stereocenters. The van der Waals surface area contributed by atoms with Crippen LogP contribution < -0.4 is 10.2 Å². The van der Waals surface area contributed by atoms with Crippen molar-refractivity contribution in [1.82, 2.24) is 9.97 Å². The van der Waals surface area contributed by atoms with Crippen molar-refractivity contribution in [1.29, 1.82) is 0 Å². The number of hydrogen-bond donors (Lipinski definition) is 1. The molecule has 6 nitrogen and oxygen atoms in total. The molecule has 0 amide bonds. The molecule has 0 saturated carbocycles. The van der Waals surface area contributed by atoms with Gasteiger partial charge in [-0.15, -0.1) is 0 Å². The van der Waals surface area contributed by atoms with Gasteiger partial charge in [0, 0.05) is 0 Å². The summed E-state index contributed by atoms with van der Waals surface area (Å²) in [7, 11) is -0.00681. The third-order valence-electron chi connectivity index (χ3n) is 7.24. The van der Waals surface area contributed by atoms with Crippen LogP contribution in [0.15, 0.2) is 34.2 Å². The molecule has 1 aromatic heterocycles. The summed E-state index contributed by atoms with van der Waals surface area (Å²) in [4.78, 5) is 18.7. The Labute approximate surface area is 193 Å². The SMILES string of the molecule is B=S1CCc2nc(N3CCC(C4=Nc5ccccc5C4)CC3)nc(NC3CCOCC3)c21. The molecule has 1 aromatic carbocycles. The van der Waals surface area contributed by atoms with E-state index < -0.39 is 0 Å². The summed E-state index contributed by atoms with van der Waals surface area (Å²) < 4.78 is 5.54. The van der Waals surface area contributed by atoms with Gasteiger partial charge in [0.2, 0.25) is 0 Å². The Morgan fingerprint density at radius 2 is 1.88 bits per heavy atom. The average molecular weight is 447 g/mol. The molecule has 0 spiro atoms. The zero-order valence-corrected chi connectivity index (χ0v) is 19.4. The Kier molecular flexibility index (Phi) is 5.59. The van der Waals surface area contributed by atoms with Gasteiger partial charge in [0.25, 0.3) is 0 Å². The molecule has 0 radical (unpaired) electrons. The summed E-state index contributed by atoms with van der Waals surface area (Å²) in [6, 6.07) is 8.99. The predicted molar refractivity (Wildman–Crippen MR) is 133 cm³/mol. The predicted octanol–water partition coefficient (Wildman–Crippen LogP) is 3.61. The van der Waals surface area contributed by atoms with Gasteiger partial charge in [0.15, 0.2) is 0 Å². The van der Waals surface area contributed by atoms with Crippen LogP contribution in [-0.2, 0) is 17.6 Å². The molecule has 32 heavy (non-hydrogen) atoms. The fraction of sp³-hybridized carbons (Fsp3) is 0.542. The normalized spacial score (nSPS) is 23.7. The maximum absolute atomic E-state index is 5.54. The zero-order chi connectivity index (χ0) is 21.5. The van der Waals surface area contributed by atoms with Crippen LogP contribution in [0.1, 0.15) is 36.9 Å². The van der Waals surface area contributed by atoms with E-state index in [1.54, 1.807) is 0 Å². The fourth-order valence-corrected chi connectivity index (χ4v) is 6.86. The van der Waals surface area contributed by atoms with Crippen molar-refractivity contribution in [2.24, 2.45) is 10.9 Å². The summed E-state index contributed by atoms with van der Waals surface area (Å²) in [6.45, 7) is 8.04. The molecule has 6 rings (SSSR count). The second-order valence-electron chi connectivity index (χ2n) is 9.30. The third kappa shape index (κ3) is 3.92. The maximum atomic E-state index is 5.54. The quantitative estimate of drug-likeness (QED) is 0.726. The van der Waals surface area contributed by atoms with E-state index in [4.69, 9.17) is 19.7 Å². The first-order valence-electron chi connectivity index (χ1n) is 11.9.